The Morgan fingerprint density at radius 3 is 2.54 bits per heavy atom. The van der Waals surface area contributed by atoms with Crippen LogP contribution in [0.1, 0.15) is 32.6 Å². The van der Waals surface area contributed by atoms with Gasteiger partial charge in [0.1, 0.15) is 0 Å². The summed E-state index contributed by atoms with van der Waals surface area (Å²) in [6, 6.07) is 5.12. The van der Waals surface area contributed by atoms with E-state index in [1.165, 1.54) is 0 Å². The summed E-state index contributed by atoms with van der Waals surface area (Å²) < 4.78 is 5.27. The Hall–Kier alpha value is -1.34. The molecule has 1 aliphatic heterocycles. The molecular formula is C20H29Cl2N3O3. The van der Waals surface area contributed by atoms with Crippen LogP contribution < -0.4 is 10.6 Å². The molecule has 0 aromatic heterocycles. The van der Waals surface area contributed by atoms with Crippen LogP contribution in [-0.2, 0) is 14.3 Å². The summed E-state index contributed by atoms with van der Waals surface area (Å²) in [6.45, 7) is 6.28. The highest BCUT2D eigenvalue weighted by Crippen LogP contribution is 2.29. The highest BCUT2D eigenvalue weighted by Gasteiger charge is 2.24. The average molecular weight is 430 g/mol. The van der Waals surface area contributed by atoms with Gasteiger partial charge in [-0.3, -0.25) is 9.59 Å². The summed E-state index contributed by atoms with van der Waals surface area (Å²) in [5.74, 6) is 0.0607. The van der Waals surface area contributed by atoms with E-state index in [0.29, 0.717) is 48.5 Å². The maximum Gasteiger partial charge on any atom is 0.225 e. The number of rotatable bonds is 10. The zero-order valence-electron chi connectivity index (χ0n) is 16.3. The van der Waals surface area contributed by atoms with Crippen molar-refractivity contribution in [1.82, 2.24) is 10.2 Å². The molecule has 0 aliphatic carbocycles. The molecule has 1 fully saturated rings. The number of para-hydroxylation sites is 1. The first kappa shape index (κ1) is 22.9. The predicted octanol–water partition coefficient (Wildman–Crippen LogP) is 3.58. The Morgan fingerprint density at radius 2 is 1.89 bits per heavy atom. The monoisotopic (exact) mass is 429 g/mol. The van der Waals surface area contributed by atoms with E-state index in [9.17, 15) is 9.59 Å². The van der Waals surface area contributed by atoms with Crippen LogP contribution in [0.3, 0.4) is 0 Å². The van der Waals surface area contributed by atoms with Gasteiger partial charge in [-0.1, -0.05) is 29.3 Å². The van der Waals surface area contributed by atoms with Crippen molar-refractivity contribution < 1.29 is 14.3 Å². The lowest BCUT2D eigenvalue weighted by Crippen LogP contribution is -2.41. The number of benzene rings is 1. The molecule has 28 heavy (non-hydrogen) atoms. The molecule has 0 unspecified atom stereocenters. The van der Waals surface area contributed by atoms with E-state index in [1.54, 1.807) is 18.2 Å². The number of amides is 2. The third-order valence-corrected chi connectivity index (χ3v) is 5.44. The molecule has 2 amide bonds. The fraction of sp³-hybridized carbons (Fsp3) is 0.600. The van der Waals surface area contributed by atoms with Crippen molar-refractivity contribution in [2.75, 3.05) is 44.7 Å². The zero-order chi connectivity index (χ0) is 20.4. The van der Waals surface area contributed by atoms with Gasteiger partial charge in [0.15, 0.2) is 0 Å². The summed E-state index contributed by atoms with van der Waals surface area (Å²) in [5.41, 5.74) is 0.454. The van der Waals surface area contributed by atoms with Crippen LogP contribution in [0.2, 0.25) is 10.0 Å². The van der Waals surface area contributed by atoms with Gasteiger partial charge in [0.05, 0.1) is 15.7 Å². The van der Waals surface area contributed by atoms with Crippen molar-refractivity contribution in [2.24, 2.45) is 5.92 Å². The van der Waals surface area contributed by atoms with Gasteiger partial charge >= 0.3 is 0 Å². The molecule has 6 nitrogen and oxygen atoms in total. The molecular weight excluding hydrogens is 401 g/mol. The van der Waals surface area contributed by atoms with Crippen molar-refractivity contribution in [3.05, 3.63) is 28.2 Å². The second-order valence-electron chi connectivity index (χ2n) is 6.85. The molecule has 1 heterocycles. The van der Waals surface area contributed by atoms with Gasteiger partial charge < -0.3 is 20.3 Å². The van der Waals surface area contributed by atoms with Gasteiger partial charge in [0.25, 0.3) is 0 Å². The average Bonchev–Trinajstić information content (AvgIpc) is 2.69. The minimum Gasteiger partial charge on any atom is -0.382 e. The van der Waals surface area contributed by atoms with Gasteiger partial charge in [-0.25, -0.2) is 0 Å². The van der Waals surface area contributed by atoms with Crippen LogP contribution in [-0.4, -0.2) is 56.1 Å². The maximum atomic E-state index is 12.2. The standard InChI is InChI=1S/C20H29Cl2N3O3/c1-2-28-14-4-10-23-20(27)15-7-11-25(12-8-15)13-9-18(26)24-19-16(21)5-3-6-17(19)22/h3,5-6,15H,2,4,7-14H2,1H3,(H,23,27)(H,24,26). The Balaban J connectivity index is 1.64. The predicted molar refractivity (Wildman–Crippen MR) is 113 cm³/mol. The van der Waals surface area contributed by atoms with Crippen LogP contribution >= 0.6 is 23.2 Å². The van der Waals surface area contributed by atoms with Crippen LogP contribution in [0.15, 0.2) is 18.2 Å². The molecule has 8 heteroatoms. The number of anilines is 1. The molecule has 1 aromatic rings. The van der Waals surface area contributed by atoms with Gasteiger partial charge in [-0.15, -0.1) is 0 Å². The van der Waals surface area contributed by atoms with Crippen molar-refractivity contribution in [1.29, 1.82) is 0 Å². The number of halogens is 2. The van der Waals surface area contributed by atoms with Gasteiger partial charge in [-0.2, -0.15) is 0 Å². The summed E-state index contributed by atoms with van der Waals surface area (Å²) in [5, 5.41) is 6.62. The van der Waals surface area contributed by atoms with Gasteiger partial charge in [-0.05, 0) is 51.4 Å². The van der Waals surface area contributed by atoms with Crippen LogP contribution in [0, 0.1) is 5.92 Å². The number of ether oxygens (including phenoxy) is 1. The summed E-state index contributed by atoms with van der Waals surface area (Å²) in [4.78, 5) is 26.6. The van der Waals surface area contributed by atoms with Crippen molar-refractivity contribution >= 4 is 40.7 Å². The molecule has 0 bridgehead atoms. The van der Waals surface area contributed by atoms with E-state index >= 15 is 0 Å². The summed E-state index contributed by atoms with van der Waals surface area (Å²) in [7, 11) is 0. The van der Waals surface area contributed by atoms with E-state index in [0.717, 1.165) is 32.4 Å². The minimum atomic E-state index is -0.121. The minimum absolute atomic E-state index is 0.0547. The number of piperidine rings is 1. The number of carbonyl (C=O) groups excluding carboxylic acids is 2. The summed E-state index contributed by atoms with van der Waals surface area (Å²) in [6.07, 6.45) is 2.82. The first-order valence-corrected chi connectivity index (χ1v) is 10.6. The maximum absolute atomic E-state index is 12.2. The smallest absolute Gasteiger partial charge is 0.225 e. The molecule has 1 aliphatic rings. The number of nitrogens with one attached hydrogen (secondary N) is 2. The van der Waals surface area contributed by atoms with E-state index in [2.05, 4.69) is 15.5 Å². The quantitative estimate of drug-likeness (QED) is 0.557. The van der Waals surface area contributed by atoms with Crippen molar-refractivity contribution in [2.45, 2.75) is 32.6 Å². The molecule has 0 spiro atoms. The lowest BCUT2D eigenvalue weighted by molar-refractivity contribution is -0.126. The van der Waals surface area contributed by atoms with Crippen molar-refractivity contribution in [3.63, 3.8) is 0 Å². The number of likely N-dealkylation sites (tertiary alicyclic amines) is 1. The van der Waals surface area contributed by atoms with E-state index in [-0.39, 0.29) is 17.7 Å². The first-order chi connectivity index (χ1) is 13.5. The van der Waals surface area contributed by atoms with E-state index in [4.69, 9.17) is 27.9 Å². The van der Waals surface area contributed by atoms with Crippen LogP contribution in [0.25, 0.3) is 0 Å². The molecule has 0 radical (unpaired) electrons. The normalized spacial score (nSPS) is 15.4. The molecule has 0 saturated carbocycles. The highest BCUT2D eigenvalue weighted by molar-refractivity contribution is 6.39. The van der Waals surface area contributed by atoms with E-state index in [1.807, 2.05) is 6.92 Å². The van der Waals surface area contributed by atoms with Gasteiger partial charge in [0, 0.05) is 38.6 Å². The van der Waals surface area contributed by atoms with Crippen LogP contribution in [0.4, 0.5) is 5.69 Å². The second kappa shape index (κ2) is 12.3. The van der Waals surface area contributed by atoms with Crippen molar-refractivity contribution in [3.8, 4) is 0 Å². The largest absolute Gasteiger partial charge is 0.382 e. The molecule has 1 saturated heterocycles. The third kappa shape index (κ3) is 7.59. The zero-order valence-corrected chi connectivity index (χ0v) is 17.8. The number of hydrogen-bond acceptors (Lipinski definition) is 4. The molecule has 2 rings (SSSR count). The SMILES string of the molecule is CCOCCCNC(=O)C1CCN(CCC(=O)Nc2c(Cl)cccc2Cl)CC1. The highest BCUT2D eigenvalue weighted by atomic mass is 35.5. The number of carbonyl (C=O) groups is 2. The molecule has 2 N–H and O–H groups in total. The Kier molecular flexibility index (Phi) is 10.1. The molecule has 156 valence electrons. The lowest BCUT2D eigenvalue weighted by atomic mass is 9.96. The number of nitrogens with zero attached hydrogens (tertiary/aromatic N) is 1. The first-order valence-electron chi connectivity index (χ1n) is 9.83. The summed E-state index contributed by atoms with van der Waals surface area (Å²) >= 11 is 12.1. The topological polar surface area (TPSA) is 70.7 Å². The Labute approximate surface area is 176 Å². The fourth-order valence-electron chi connectivity index (χ4n) is 3.17. The molecule has 0 atom stereocenters. The third-order valence-electron chi connectivity index (χ3n) is 4.81. The fourth-order valence-corrected chi connectivity index (χ4v) is 3.66. The lowest BCUT2D eigenvalue weighted by Gasteiger charge is -2.31. The Morgan fingerprint density at radius 1 is 1.21 bits per heavy atom. The molecule has 1 aromatic carbocycles. The van der Waals surface area contributed by atoms with E-state index < -0.39 is 0 Å². The van der Waals surface area contributed by atoms with Crippen LogP contribution in [0.5, 0.6) is 0 Å². The Bertz CT molecular complexity index is 629. The van der Waals surface area contributed by atoms with Gasteiger partial charge in [0.2, 0.25) is 11.8 Å². The number of hydrogen-bond donors (Lipinski definition) is 2. The second-order valence-corrected chi connectivity index (χ2v) is 7.67.